The van der Waals surface area contributed by atoms with Crippen molar-refractivity contribution in [1.29, 1.82) is 0 Å². The zero-order chi connectivity index (χ0) is 22.6. The van der Waals surface area contributed by atoms with Crippen molar-refractivity contribution in [3.8, 4) is 11.3 Å². The summed E-state index contributed by atoms with van der Waals surface area (Å²) in [4.78, 5) is 27.6. The minimum atomic E-state index is -0.952. The largest absolute Gasteiger partial charge is 0.361 e. The normalized spacial score (nSPS) is 18.0. The van der Waals surface area contributed by atoms with Crippen LogP contribution >= 0.6 is 0 Å². The molecule has 1 aromatic heterocycles. The van der Waals surface area contributed by atoms with Crippen molar-refractivity contribution >= 4 is 11.8 Å². The lowest BCUT2D eigenvalue weighted by Gasteiger charge is -2.36. The molecule has 1 aliphatic rings. The molecule has 4 rings (SSSR count). The number of carbonyl (C=O) groups is 2. The van der Waals surface area contributed by atoms with Gasteiger partial charge in [-0.05, 0) is 31.7 Å². The molecular formula is C26H29N3O3. The number of likely N-dealkylation sites (tertiary alicyclic amines) is 1. The SMILES string of the molecule is CC(=O)N1CCC[C@]1(Cc1cc(-c2ccccc2)no1)C(=O)NCCc1cccc(C)c1. The van der Waals surface area contributed by atoms with E-state index >= 15 is 0 Å². The van der Waals surface area contributed by atoms with Crippen LogP contribution in [0, 0.1) is 6.92 Å². The maximum atomic E-state index is 13.5. The fourth-order valence-electron chi connectivity index (χ4n) is 4.62. The van der Waals surface area contributed by atoms with Crippen LogP contribution in [0.3, 0.4) is 0 Å². The van der Waals surface area contributed by atoms with E-state index in [1.54, 1.807) is 4.90 Å². The lowest BCUT2D eigenvalue weighted by Crippen LogP contribution is -2.58. The van der Waals surface area contributed by atoms with Crippen molar-refractivity contribution in [1.82, 2.24) is 15.4 Å². The molecule has 6 nitrogen and oxygen atoms in total. The van der Waals surface area contributed by atoms with Crippen LogP contribution in [0.4, 0.5) is 0 Å². The summed E-state index contributed by atoms with van der Waals surface area (Å²) >= 11 is 0. The summed E-state index contributed by atoms with van der Waals surface area (Å²) in [5.41, 5.74) is 3.10. The average molecular weight is 432 g/mol. The van der Waals surface area contributed by atoms with Crippen LogP contribution < -0.4 is 5.32 Å². The van der Waals surface area contributed by atoms with E-state index in [0.29, 0.717) is 31.7 Å². The number of hydrogen-bond donors (Lipinski definition) is 1. The predicted octanol–water partition coefficient (Wildman–Crippen LogP) is 3.93. The molecule has 1 saturated heterocycles. The van der Waals surface area contributed by atoms with Gasteiger partial charge in [0.1, 0.15) is 17.0 Å². The minimum absolute atomic E-state index is 0.0980. The summed E-state index contributed by atoms with van der Waals surface area (Å²) in [6.45, 7) is 4.67. The number of aromatic nitrogens is 1. The monoisotopic (exact) mass is 431 g/mol. The maximum Gasteiger partial charge on any atom is 0.246 e. The summed E-state index contributed by atoms with van der Waals surface area (Å²) in [5.74, 6) is 0.375. The molecule has 32 heavy (non-hydrogen) atoms. The van der Waals surface area contributed by atoms with Gasteiger partial charge in [-0.3, -0.25) is 9.59 Å². The van der Waals surface area contributed by atoms with Gasteiger partial charge in [0, 0.05) is 38.1 Å². The smallest absolute Gasteiger partial charge is 0.246 e. The first-order valence-electron chi connectivity index (χ1n) is 11.1. The molecule has 1 fully saturated rings. The average Bonchev–Trinajstić information content (AvgIpc) is 3.43. The van der Waals surface area contributed by atoms with Crippen LogP contribution in [0.2, 0.25) is 0 Å². The second kappa shape index (κ2) is 9.39. The molecule has 0 unspecified atom stereocenters. The van der Waals surface area contributed by atoms with Gasteiger partial charge in [-0.25, -0.2) is 0 Å². The van der Waals surface area contributed by atoms with Crippen LogP contribution in [-0.2, 0) is 22.4 Å². The molecule has 0 saturated carbocycles. The Hall–Kier alpha value is -3.41. The van der Waals surface area contributed by atoms with E-state index in [1.807, 2.05) is 42.5 Å². The number of aryl methyl sites for hydroxylation is 1. The van der Waals surface area contributed by atoms with Gasteiger partial charge in [0.05, 0.1) is 0 Å². The fourth-order valence-corrected chi connectivity index (χ4v) is 4.62. The molecule has 166 valence electrons. The fraction of sp³-hybridized carbons (Fsp3) is 0.346. The molecule has 2 amide bonds. The summed E-state index contributed by atoms with van der Waals surface area (Å²) < 4.78 is 5.60. The van der Waals surface area contributed by atoms with Gasteiger partial charge < -0.3 is 14.7 Å². The van der Waals surface area contributed by atoms with Gasteiger partial charge >= 0.3 is 0 Å². The van der Waals surface area contributed by atoms with Gasteiger partial charge in [-0.15, -0.1) is 0 Å². The van der Waals surface area contributed by atoms with E-state index in [4.69, 9.17) is 4.52 Å². The first-order chi connectivity index (χ1) is 15.5. The second-order valence-corrected chi connectivity index (χ2v) is 8.52. The molecule has 2 heterocycles. The zero-order valence-electron chi connectivity index (χ0n) is 18.6. The van der Waals surface area contributed by atoms with Crippen molar-refractivity contribution in [2.45, 2.75) is 45.1 Å². The number of amides is 2. The lowest BCUT2D eigenvalue weighted by atomic mass is 9.89. The van der Waals surface area contributed by atoms with Crippen molar-refractivity contribution in [2.24, 2.45) is 0 Å². The second-order valence-electron chi connectivity index (χ2n) is 8.52. The number of nitrogens with one attached hydrogen (secondary N) is 1. The Morgan fingerprint density at radius 2 is 1.94 bits per heavy atom. The number of carbonyl (C=O) groups excluding carboxylic acids is 2. The lowest BCUT2D eigenvalue weighted by molar-refractivity contribution is -0.143. The van der Waals surface area contributed by atoms with Crippen molar-refractivity contribution < 1.29 is 14.1 Å². The Bertz CT molecular complexity index is 1090. The molecular weight excluding hydrogens is 402 g/mol. The molecule has 1 aliphatic heterocycles. The van der Waals surface area contributed by atoms with Crippen LogP contribution in [0.25, 0.3) is 11.3 Å². The quantitative estimate of drug-likeness (QED) is 0.615. The molecule has 6 heteroatoms. The van der Waals surface area contributed by atoms with Crippen LogP contribution in [0.1, 0.15) is 36.7 Å². The van der Waals surface area contributed by atoms with Gasteiger partial charge in [-0.2, -0.15) is 0 Å². The molecule has 2 aromatic carbocycles. The van der Waals surface area contributed by atoms with Crippen LogP contribution in [-0.4, -0.2) is 40.5 Å². The molecule has 1 atom stereocenters. The van der Waals surface area contributed by atoms with E-state index in [2.05, 4.69) is 35.6 Å². The van der Waals surface area contributed by atoms with E-state index in [1.165, 1.54) is 18.1 Å². The first-order valence-corrected chi connectivity index (χ1v) is 11.1. The predicted molar refractivity (Wildman–Crippen MR) is 123 cm³/mol. The van der Waals surface area contributed by atoms with Crippen molar-refractivity contribution in [3.63, 3.8) is 0 Å². The zero-order valence-corrected chi connectivity index (χ0v) is 18.6. The molecule has 0 aliphatic carbocycles. The molecule has 1 N–H and O–H groups in total. The topological polar surface area (TPSA) is 75.4 Å². The molecule has 0 bridgehead atoms. The highest BCUT2D eigenvalue weighted by Gasteiger charge is 2.49. The number of nitrogens with zero attached hydrogens (tertiary/aromatic N) is 2. The Kier molecular flexibility index (Phi) is 6.40. The summed E-state index contributed by atoms with van der Waals surface area (Å²) in [6, 6.07) is 19.9. The van der Waals surface area contributed by atoms with E-state index in [-0.39, 0.29) is 11.8 Å². The molecule has 0 spiro atoms. The number of benzene rings is 2. The highest BCUT2D eigenvalue weighted by molar-refractivity contribution is 5.92. The maximum absolute atomic E-state index is 13.5. The summed E-state index contributed by atoms with van der Waals surface area (Å²) in [7, 11) is 0. The van der Waals surface area contributed by atoms with Gasteiger partial charge in [-0.1, -0.05) is 65.3 Å². The van der Waals surface area contributed by atoms with E-state index in [9.17, 15) is 9.59 Å². The minimum Gasteiger partial charge on any atom is -0.361 e. The van der Waals surface area contributed by atoms with Crippen LogP contribution in [0.5, 0.6) is 0 Å². The Labute approximate surface area is 188 Å². The first kappa shape index (κ1) is 21.8. The number of hydrogen-bond acceptors (Lipinski definition) is 4. The third kappa shape index (κ3) is 4.59. The van der Waals surface area contributed by atoms with Crippen LogP contribution in [0.15, 0.2) is 65.2 Å². The Morgan fingerprint density at radius 1 is 1.12 bits per heavy atom. The third-order valence-electron chi connectivity index (χ3n) is 6.17. The van der Waals surface area contributed by atoms with Gasteiger partial charge in [0.15, 0.2) is 0 Å². The highest BCUT2D eigenvalue weighted by atomic mass is 16.5. The van der Waals surface area contributed by atoms with E-state index < -0.39 is 5.54 Å². The molecule has 0 radical (unpaired) electrons. The third-order valence-corrected chi connectivity index (χ3v) is 6.17. The van der Waals surface area contributed by atoms with Crippen molar-refractivity contribution in [2.75, 3.05) is 13.1 Å². The Morgan fingerprint density at radius 3 is 2.69 bits per heavy atom. The summed E-state index contributed by atoms with van der Waals surface area (Å²) in [5, 5.41) is 7.27. The number of rotatable bonds is 7. The van der Waals surface area contributed by atoms with Crippen molar-refractivity contribution in [3.05, 3.63) is 77.6 Å². The highest BCUT2D eigenvalue weighted by Crippen LogP contribution is 2.34. The van der Waals surface area contributed by atoms with E-state index in [0.717, 1.165) is 24.1 Å². The summed E-state index contributed by atoms with van der Waals surface area (Å²) in [6.07, 6.45) is 2.43. The van der Waals surface area contributed by atoms with Gasteiger partial charge in [0.25, 0.3) is 0 Å². The van der Waals surface area contributed by atoms with Gasteiger partial charge in [0.2, 0.25) is 11.8 Å². The molecule has 3 aromatic rings. The Balaban J connectivity index is 1.51. The standard InChI is InChI=1S/C26H29N3O3/c1-19-8-6-9-21(16-19)12-14-27-25(31)26(13-7-15-29(26)20(2)30)18-23-17-24(28-32-23)22-10-4-3-5-11-22/h3-6,8-11,16-17H,7,12-15,18H2,1-2H3,(H,27,31)/t26-/m0/s1.